The first-order valence-corrected chi connectivity index (χ1v) is 8.83. The molecule has 4 heteroatoms. The fraction of sp³-hybridized carbons (Fsp3) is 0.0909. The van der Waals surface area contributed by atoms with Crippen molar-refractivity contribution < 1.29 is 4.79 Å². The Labute approximate surface area is 159 Å². The zero-order valence-electron chi connectivity index (χ0n) is 14.5. The minimum absolute atomic E-state index is 0.0482. The highest BCUT2D eigenvalue weighted by molar-refractivity contribution is 7.80. The van der Waals surface area contributed by atoms with Gasteiger partial charge in [0.25, 0.3) is 0 Å². The molecule has 0 atom stereocenters. The molecule has 0 saturated heterocycles. The summed E-state index contributed by atoms with van der Waals surface area (Å²) in [5.74, 6) is 0.0482. The smallest absolute Gasteiger partial charge is 0.175 e. The molecule has 0 aliphatic carbocycles. The van der Waals surface area contributed by atoms with Crippen LogP contribution in [-0.4, -0.2) is 10.9 Å². The molecule has 130 valence electrons. The molecule has 0 unspecified atom stereocenters. The molecule has 3 aromatic rings. The van der Waals surface area contributed by atoms with Gasteiger partial charge in [-0.3, -0.25) is 4.79 Å². The molecule has 2 N–H and O–H groups in total. The van der Waals surface area contributed by atoms with Gasteiger partial charge in [-0.25, -0.2) is 0 Å². The van der Waals surface area contributed by atoms with Crippen molar-refractivity contribution in [2.75, 3.05) is 10.6 Å². The standard InChI is InChI=1S/C22H20N2OS/c1-16(25)18-11-13-20(14-12-18)23-22(26)24-21-10-6-5-9-19(21)15-17-7-3-2-4-8-17/h2-14H,15H2,1H3,(H2,23,24,26). The largest absolute Gasteiger partial charge is 0.332 e. The van der Waals surface area contributed by atoms with E-state index in [0.29, 0.717) is 10.7 Å². The number of hydrogen-bond donors (Lipinski definition) is 2. The highest BCUT2D eigenvalue weighted by Gasteiger charge is 2.06. The number of hydrogen-bond acceptors (Lipinski definition) is 2. The second kappa shape index (κ2) is 8.41. The van der Waals surface area contributed by atoms with Crippen molar-refractivity contribution >= 4 is 34.5 Å². The SMILES string of the molecule is CC(=O)c1ccc(NC(=S)Nc2ccccc2Cc2ccccc2)cc1. The Bertz CT molecular complexity index is 905. The number of rotatable bonds is 5. The minimum Gasteiger partial charge on any atom is -0.332 e. The van der Waals surface area contributed by atoms with Crippen LogP contribution in [0.15, 0.2) is 78.9 Å². The summed E-state index contributed by atoms with van der Waals surface area (Å²) in [7, 11) is 0. The lowest BCUT2D eigenvalue weighted by Gasteiger charge is -2.14. The van der Waals surface area contributed by atoms with Gasteiger partial charge < -0.3 is 10.6 Å². The van der Waals surface area contributed by atoms with Gasteiger partial charge in [0.05, 0.1) is 0 Å². The second-order valence-electron chi connectivity index (χ2n) is 6.03. The van der Waals surface area contributed by atoms with Crippen molar-refractivity contribution in [3.05, 3.63) is 95.6 Å². The topological polar surface area (TPSA) is 41.1 Å². The van der Waals surface area contributed by atoms with Crippen molar-refractivity contribution in [2.24, 2.45) is 0 Å². The first kappa shape index (κ1) is 17.8. The molecule has 0 bridgehead atoms. The molecule has 0 aliphatic rings. The number of ketones is 1. The van der Waals surface area contributed by atoms with Crippen LogP contribution in [0.5, 0.6) is 0 Å². The summed E-state index contributed by atoms with van der Waals surface area (Å²) in [6.45, 7) is 1.55. The highest BCUT2D eigenvalue weighted by atomic mass is 32.1. The van der Waals surface area contributed by atoms with Crippen molar-refractivity contribution in [3.8, 4) is 0 Å². The highest BCUT2D eigenvalue weighted by Crippen LogP contribution is 2.20. The summed E-state index contributed by atoms with van der Waals surface area (Å²) < 4.78 is 0. The molecule has 3 aromatic carbocycles. The third-order valence-corrected chi connectivity index (χ3v) is 4.26. The molecule has 0 radical (unpaired) electrons. The minimum atomic E-state index is 0.0482. The lowest BCUT2D eigenvalue weighted by atomic mass is 10.0. The lowest BCUT2D eigenvalue weighted by molar-refractivity contribution is 0.101. The van der Waals surface area contributed by atoms with E-state index in [2.05, 4.69) is 28.8 Å². The van der Waals surface area contributed by atoms with E-state index in [1.54, 1.807) is 19.1 Å². The molecule has 0 aromatic heterocycles. The number of carbonyl (C=O) groups excluding carboxylic acids is 1. The molecular formula is C22H20N2OS. The maximum atomic E-state index is 11.3. The molecule has 26 heavy (non-hydrogen) atoms. The summed E-state index contributed by atoms with van der Waals surface area (Å²) >= 11 is 5.44. The van der Waals surface area contributed by atoms with Crippen LogP contribution >= 0.6 is 12.2 Å². The number of benzene rings is 3. The number of carbonyl (C=O) groups is 1. The van der Waals surface area contributed by atoms with E-state index in [-0.39, 0.29) is 5.78 Å². The van der Waals surface area contributed by atoms with Gasteiger partial charge in [0.2, 0.25) is 0 Å². The summed E-state index contributed by atoms with van der Waals surface area (Å²) in [5, 5.41) is 6.94. The Morgan fingerprint density at radius 1 is 0.846 bits per heavy atom. The zero-order chi connectivity index (χ0) is 18.4. The molecular weight excluding hydrogens is 340 g/mol. The van der Waals surface area contributed by atoms with Gasteiger partial charge in [0.1, 0.15) is 0 Å². The normalized spacial score (nSPS) is 10.2. The Kier molecular flexibility index (Phi) is 5.77. The third-order valence-electron chi connectivity index (χ3n) is 4.05. The molecule has 0 aliphatic heterocycles. The van der Waals surface area contributed by atoms with E-state index in [4.69, 9.17) is 12.2 Å². The fourth-order valence-corrected chi connectivity index (χ4v) is 2.91. The van der Waals surface area contributed by atoms with Crippen LogP contribution in [-0.2, 0) is 6.42 Å². The Morgan fingerprint density at radius 2 is 1.50 bits per heavy atom. The van der Waals surface area contributed by atoms with E-state index < -0.39 is 0 Å². The molecule has 0 heterocycles. The van der Waals surface area contributed by atoms with Crippen LogP contribution in [0.3, 0.4) is 0 Å². The average Bonchev–Trinajstić information content (AvgIpc) is 2.64. The van der Waals surface area contributed by atoms with Gasteiger partial charge in [-0.2, -0.15) is 0 Å². The van der Waals surface area contributed by atoms with Gasteiger partial charge in [-0.15, -0.1) is 0 Å². The van der Waals surface area contributed by atoms with Gasteiger partial charge in [0.15, 0.2) is 10.9 Å². The summed E-state index contributed by atoms with van der Waals surface area (Å²) in [6.07, 6.45) is 0.833. The van der Waals surface area contributed by atoms with Gasteiger partial charge in [-0.1, -0.05) is 48.5 Å². The predicted molar refractivity (Wildman–Crippen MR) is 112 cm³/mol. The van der Waals surface area contributed by atoms with Crippen molar-refractivity contribution in [1.29, 1.82) is 0 Å². The Hall–Kier alpha value is -2.98. The monoisotopic (exact) mass is 360 g/mol. The quantitative estimate of drug-likeness (QED) is 0.479. The van der Waals surface area contributed by atoms with Crippen LogP contribution in [0, 0.1) is 0 Å². The molecule has 3 nitrogen and oxygen atoms in total. The van der Waals surface area contributed by atoms with E-state index in [1.165, 1.54) is 11.1 Å². The zero-order valence-corrected chi connectivity index (χ0v) is 15.3. The molecule has 3 rings (SSSR count). The maximum absolute atomic E-state index is 11.3. The van der Waals surface area contributed by atoms with Gasteiger partial charge in [0, 0.05) is 16.9 Å². The maximum Gasteiger partial charge on any atom is 0.175 e. The molecule has 0 amide bonds. The number of Topliss-reactive ketones (excluding diaryl/α,β-unsaturated/α-hetero) is 1. The van der Waals surface area contributed by atoms with Gasteiger partial charge >= 0.3 is 0 Å². The number of nitrogens with one attached hydrogen (secondary N) is 2. The number of anilines is 2. The average molecular weight is 360 g/mol. The van der Waals surface area contributed by atoms with Crippen LogP contribution in [0.25, 0.3) is 0 Å². The van der Waals surface area contributed by atoms with E-state index in [9.17, 15) is 4.79 Å². The molecule has 0 spiro atoms. The number of thiocarbonyl (C=S) groups is 1. The van der Waals surface area contributed by atoms with E-state index in [0.717, 1.165) is 17.8 Å². The molecule has 0 fully saturated rings. The predicted octanol–water partition coefficient (Wildman–Crippen LogP) is 5.29. The third kappa shape index (κ3) is 4.77. The lowest BCUT2D eigenvalue weighted by Crippen LogP contribution is -2.20. The first-order valence-electron chi connectivity index (χ1n) is 8.42. The van der Waals surface area contributed by atoms with Crippen LogP contribution in [0.1, 0.15) is 28.4 Å². The first-order chi connectivity index (χ1) is 12.6. The summed E-state index contributed by atoms with van der Waals surface area (Å²) in [6, 6.07) is 25.7. The van der Waals surface area contributed by atoms with Crippen LogP contribution in [0.4, 0.5) is 11.4 Å². The Morgan fingerprint density at radius 3 is 2.19 bits per heavy atom. The summed E-state index contributed by atoms with van der Waals surface area (Å²) in [5.41, 5.74) is 4.93. The van der Waals surface area contributed by atoms with Crippen LogP contribution < -0.4 is 10.6 Å². The summed E-state index contributed by atoms with van der Waals surface area (Å²) in [4.78, 5) is 11.3. The number of para-hydroxylation sites is 1. The van der Waals surface area contributed by atoms with E-state index >= 15 is 0 Å². The van der Waals surface area contributed by atoms with E-state index in [1.807, 2.05) is 48.5 Å². The Balaban J connectivity index is 1.68. The van der Waals surface area contributed by atoms with Crippen molar-refractivity contribution in [2.45, 2.75) is 13.3 Å². The van der Waals surface area contributed by atoms with Crippen LogP contribution in [0.2, 0.25) is 0 Å². The fourth-order valence-electron chi connectivity index (χ4n) is 2.69. The van der Waals surface area contributed by atoms with Crippen molar-refractivity contribution in [1.82, 2.24) is 0 Å². The molecule has 0 saturated carbocycles. The van der Waals surface area contributed by atoms with Gasteiger partial charge in [-0.05, 0) is 67.0 Å². The second-order valence-corrected chi connectivity index (χ2v) is 6.44. The van der Waals surface area contributed by atoms with Crippen molar-refractivity contribution in [3.63, 3.8) is 0 Å².